The van der Waals surface area contributed by atoms with Crippen LogP contribution < -0.4 is 4.74 Å². The molecule has 0 bridgehead atoms. The van der Waals surface area contributed by atoms with Crippen molar-refractivity contribution in [2.75, 3.05) is 13.7 Å². The lowest BCUT2D eigenvalue weighted by atomic mass is 10.0. The number of benzene rings is 1. The molecule has 1 aromatic carbocycles. The van der Waals surface area contributed by atoms with Gasteiger partial charge in [0.15, 0.2) is 11.6 Å². The number of ether oxygens (including phenoxy) is 1. The minimum atomic E-state index is -1.00. The van der Waals surface area contributed by atoms with Crippen molar-refractivity contribution < 1.29 is 27.9 Å². The number of β-amino-alcohol motifs (C(OH)–C–C–N with tert-alkyl or cyclic N) is 1. The van der Waals surface area contributed by atoms with Gasteiger partial charge >= 0.3 is 0 Å². The SMILES string of the molecule is COc1cc(C(=O)N2C[C@H](O)C[C@@H]2c2ccc(F)c(F)c2)on1. The number of methoxy groups -OCH3 is 1. The maximum atomic E-state index is 13.4. The van der Waals surface area contributed by atoms with Gasteiger partial charge in [-0.05, 0) is 29.3 Å². The molecule has 2 heterocycles. The van der Waals surface area contributed by atoms with Gasteiger partial charge in [0.1, 0.15) is 0 Å². The highest BCUT2D eigenvalue weighted by molar-refractivity contribution is 5.92. The van der Waals surface area contributed by atoms with E-state index in [0.29, 0.717) is 5.56 Å². The van der Waals surface area contributed by atoms with E-state index in [-0.39, 0.29) is 24.6 Å². The molecule has 1 aliphatic heterocycles. The van der Waals surface area contributed by atoms with Crippen LogP contribution in [0.5, 0.6) is 5.88 Å². The Morgan fingerprint density at radius 2 is 2.17 bits per heavy atom. The van der Waals surface area contributed by atoms with Gasteiger partial charge in [0.2, 0.25) is 5.76 Å². The maximum absolute atomic E-state index is 13.4. The zero-order valence-electron chi connectivity index (χ0n) is 12.2. The fourth-order valence-electron chi connectivity index (χ4n) is 2.67. The minimum absolute atomic E-state index is 0.0523. The van der Waals surface area contributed by atoms with E-state index in [1.54, 1.807) is 0 Å². The van der Waals surface area contributed by atoms with Crippen LogP contribution in [0.2, 0.25) is 0 Å². The van der Waals surface area contributed by atoms with Crippen molar-refractivity contribution in [3.05, 3.63) is 47.2 Å². The monoisotopic (exact) mass is 324 g/mol. The van der Waals surface area contributed by atoms with Gasteiger partial charge in [-0.3, -0.25) is 4.79 Å². The Morgan fingerprint density at radius 3 is 2.83 bits per heavy atom. The summed E-state index contributed by atoms with van der Waals surface area (Å²) in [5.74, 6) is -2.38. The molecule has 0 spiro atoms. The number of rotatable bonds is 3. The Bertz CT molecular complexity index is 734. The second-order valence-electron chi connectivity index (χ2n) is 5.27. The molecule has 1 N–H and O–H groups in total. The van der Waals surface area contributed by atoms with Crippen LogP contribution in [0, 0.1) is 11.6 Å². The molecular formula is C15H14F2N2O4. The summed E-state index contributed by atoms with van der Waals surface area (Å²) >= 11 is 0. The molecule has 3 rings (SSSR count). The lowest BCUT2D eigenvalue weighted by Gasteiger charge is -2.23. The molecule has 8 heteroatoms. The van der Waals surface area contributed by atoms with Gasteiger partial charge in [0.05, 0.1) is 25.3 Å². The standard InChI is InChI=1S/C15H14F2N2O4/c1-22-14-6-13(23-18-14)15(21)19-7-9(20)5-12(19)8-2-3-10(16)11(17)4-8/h2-4,6,9,12,20H,5,7H2,1H3/t9-,12-/m1/s1. The topological polar surface area (TPSA) is 75.8 Å². The van der Waals surface area contributed by atoms with E-state index >= 15 is 0 Å². The molecule has 1 aromatic heterocycles. The minimum Gasteiger partial charge on any atom is -0.479 e. The van der Waals surface area contributed by atoms with Crippen molar-refractivity contribution in [1.82, 2.24) is 10.1 Å². The number of amides is 1. The molecule has 23 heavy (non-hydrogen) atoms. The number of aliphatic hydroxyl groups is 1. The van der Waals surface area contributed by atoms with Crippen LogP contribution in [0.4, 0.5) is 8.78 Å². The first-order valence-corrected chi connectivity index (χ1v) is 6.94. The number of aliphatic hydroxyl groups excluding tert-OH is 1. The van der Waals surface area contributed by atoms with Crippen molar-refractivity contribution in [2.24, 2.45) is 0 Å². The number of carbonyl (C=O) groups is 1. The molecule has 1 fully saturated rings. The van der Waals surface area contributed by atoms with Crippen LogP contribution in [0.15, 0.2) is 28.8 Å². The second-order valence-corrected chi connectivity index (χ2v) is 5.27. The van der Waals surface area contributed by atoms with E-state index in [1.807, 2.05) is 0 Å². The van der Waals surface area contributed by atoms with Crippen LogP contribution in [0.1, 0.15) is 28.6 Å². The van der Waals surface area contributed by atoms with Crippen LogP contribution >= 0.6 is 0 Å². The molecule has 2 atom stereocenters. The Hall–Kier alpha value is -2.48. The largest absolute Gasteiger partial charge is 0.479 e. The highest BCUT2D eigenvalue weighted by Crippen LogP contribution is 2.34. The van der Waals surface area contributed by atoms with Gasteiger partial charge in [-0.25, -0.2) is 8.78 Å². The zero-order valence-corrected chi connectivity index (χ0v) is 12.2. The summed E-state index contributed by atoms with van der Waals surface area (Å²) < 4.78 is 36.3. The van der Waals surface area contributed by atoms with Crippen LogP contribution in [0.25, 0.3) is 0 Å². The lowest BCUT2D eigenvalue weighted by molar-refractivity contribution is 0.0673. The average molecular weight is 324 g/mol. The molecule has 0 aliphatic carbocycles. The van der Waals surface area contributed by atoms with Crippen molar-refractivity contribution >= 4 is 5.91 Å². The third-order valence-corrected chi connectivity index (χ3v) is 3.78. The lowest BCUT2D eigenvalue weighted by Crippen LogP contribution is -2.31. The van der Waals surface area contributed by atoms with Crippen molar-refractivity contribution in [2.45, 2.75) is 18.6 Å². The molecule has 0 radical (unpaired) electrons. The number of hydrogen-bond acceptors (Lipinski definition) is 5. The number of nitrogens with zero attached hydrogens (tertiary/aromatic N) is 2. The van der Waals surface area contributed by atoms with E-state index in [9.17, 15) is 18.7 Å². The van der Waals surface area contributed by atoms with Crippen molar-refractivity contribution in [3.63, 3.8) is 0 Å². The Kier molecular flexibility index (Phi) is 3.99. The van der Waals surface area contributed by atoms with Crippen molar-refractivity contribution in [3.8, 4) is 5.88 Å². The fourth-order valence-corrected chi connectivity index (χ4v) is 2.67. The first-order chi connectivity index (χ1) is 11.0. The summed E-state index contributed by atoms with van der Waals surface area (Å²) in [6.07, 6.45) is -0.538. The summed E-state index contributed by atoms with van der Waals surface area (Å²) in [7, 11) is 1.38. The molecular weight excluding hydrogens is 310 g/mol. The third kappa shape index (κ3) is 2.89. The van der Waals surface area contributed by atoms with Crippen LogP contribution in [-0.2, 0) is 0 Å². The predicted octanol–water partition coefficient (Wildman–Crippen LogP) is 1.91. The molecule has 122 valence electrons. The van der Waals surface area contributed by atoms with Gasteiger partial charge in [-0.2, -0.15) is 0 Å². The molecule has 1 aliphatic rings. The van der Waals surface area contributed by atoms with Gasteiger partial charge in [-0.1, -0.05) is 6.07 Å². The zero-order chi connectivity index (χ0) is 16.6. The van der Waals surface area contributed by atoms with Gasteiger partial charge in [-0.15, -0.1) is 0 Å². The molecule has 6 nitrogen and oxygen atoms in total. The first-order valence-electron chi connectivity index (χ1n) is 6.94. The van der Waals surface area contributed by atoms with E-state index in [0.717, 1.165) is 12.1 Å². The Morgan fingerprint density at radius 1 is 1.39 bits per heavy atom. The highest BCUT2D eigenvalue weighted by atomic mass is 19.2. The number of hydrogen-bond donors (Lipinski definition) is 1. The summed E-state index contributed by atoms with van der Waals surface area (Å²) in [6.45, 7) is 0.0610. The predicted molar refractivity (Wildman–Crippen MR) is 73.8 cm³/mol. The van der Waals surface area contributed by atoms with E-state index in [1.165, 1.54) is 24.1 Å². The highest BCUT2D eigenvalue weighted by Gasteiger charge is 2.37. The fraction of sp³-hybridized carbons (Fsp3) is 0.333. The van der Waals surface area contributed by atoms with Crippen molar-refractivity contribution in [1.29, 1.82) is 0 Å². The van der Waals surface area contributed by atoms with E-state index < -0.39 is 29.7 Å². The summed E-state index contributed by atoms with van der Waals surface area (Å²) in [5, 5.41) is 13.4. The molecule has 0 unspecified atom stereocenters. The summed E-state index contributed by atoms with van der Waals surface area (Å²) in [5.41, 5.74) is 0.403. The second kappa shape index (κ2) is 5.96. The average Bonchev–Trinajstić information content (AvgIpc) is 3.16. The van der Waals surface area contributed by atoms with Gasteiger partial charge < -0.3 is 19.3 Å². The Balaban J connectivity index is 1.89. The third-order valence-electron chi connectivity index (χ3n) is 3.78. The number of halogens is 2. The smallest absolute Gasteiger partial charge is 0.293 e. The summed E-state index contributed by atoms with van der Waals surface area (Å²) in [4.78, 5) is 13.9. The number of likely N-dealkylation sites (tertiary alicyclic amines) is 1. The molecule has 1 amide bonds. The molecule has 1 saturated heterocycles. The quantitative estimate of drug-likeness (QED) is 0.933. The maximum Gasteiger partial charge on any atom is 0.293 e. The van der Waals surface area contributed by atoms with Gasteiger partial charge in [0, 0.05) is 6.54 Å². The molecule has 2 aromatic rings. The van der Waals surface area contributed by atoms with Crippen LogP contribution in [0.3, 0.4) is 0 Å². The Labute approximate surface area is 130 Å². The summed E-state index contributed by atoms with van der Waals surface area (Å²) in [6, 6.07) is 4.16. The van der Waals surface area contributed by atoms with E-state index in [4.69, 9.17) is 9.26 Å². The normalized spacial score (nSPS) is 20.8. The van der Waals surface area contributed by atoms with E-state index in [2.05, 4.69) is 5.16 Å². The number of aromatic nitrogens is 1. The molecule has 0 saturated carbocycles. The number of carbonyl (C=O) groups excluding carboxylic acids is 1. The van der Waals surface area contributed by atoms with Gasteiger partial charge in [0.25, 0.3) is 11.8 Å². The van der Waals surface area contributed by atoms with Crippen LogP contribution in [-0.4, -0.2) is 40.8 Å². The first kappa shape index (κ1) is 15.4.